The lowest BCUT2D eigenvalue weighted by atomic mass is 10.2. The molecule has 1 unspecified atom stereocenters. The van der Waals surface area contributed by atoms with Gasteiger partial charge in [0.15, 0.2) is 0 Å². The zero-order valence-electron chi connectivity index (χ0n) is 12.5. The first-order valence-corrected chi connectivity index (χ1v) is 7.79. The van der Waals surface area contributed by atoms with Gasteiger partial charge in [-0.15, -0.1) is 0 Å². The van der Waals surface area contributed by atoms with E-state index < -0.39 is 6.10 Å². The first-order valence-electron chi connectivity index (χ1n) is 7.41. The molecule has 120 valence electrons. The normalized spacial score (nSPS) is 12.5. The van der Waals surface area contributed by atoms with E-state index in [0.717, 1.165) is 16.5 Å². The Hall–Kier alpha value is -2.01. The molecule has 1 aromatic heterocycles. The topological polar surface area (TPSA) is 54.6 Å². The third kappa shape index (κ3) is 3.67. The SMILES string of the molecule is OCc1cn(CC(O)COc2ccc(Cl)cc2)c2ccccc12. The quantitative estimate of drug-likeness (QED) is 0.729. The average molecular weight is 332 g/mol. The van der Waals surface area contributed by atoms with Crippen molar-refractivity contribution in [2.45, 2.75) is 19.3 Å². The number of ether oxygens (including phenoxy) is 1. The minimum absolute atomic E-state index is 0.0229. The molecule has 0 saturated carbocycles. The van der Waals surface area contributed by atoms with Crippen molar-refractivity contribution in [3.63, 3.8) is 0 Å². The van der Waals surface area contributed by atoms with Crippen LogP contribution in [-0.4, -0.2) is 27.5 Å². The van der Waals surface area contributed by atoms with Gasteiger partial charge in [0, 0.05) is 27.7 Å². The van der Waals surface area contributed by atoms with Crippen LogP contribution in [0.2, 0.25) is 5.02 Å². The maximum Gasteiger partial charge on any atom is 0.119 e. The largest absolute Gasteiger partial charge is 0.491 e. The van der Waals surface area contributed by atoms with Crippen molar-refractivity contribution in [2.75, 3.05) is 6.61 Å². The lowest BCUT2D eigenvalue weighted by Gasteiger charge is -2.14. The van der Waals surface area contributed by atoms with Crippen LogP contribution in [0.25, 0.3) is 10.9 Å². The third-order valence-electron chi connectivity index (χ3n) is 3.70. The maximum atomic E-state index is 10.2. The third-order valence-corrected chi connectivity index (χ3v) is 3.96. The summed E-state index contributed by atoms with van der Waals surface area (Å²) in [7, 11) is 0. The smallest absolute Gasteiger partial charge is 0.119 e. The van der Waals surface area contributed by atoms with Crippen molar-refractivity contribution < 1.29 is 14.9 Å². The van der Waals surface area contributed by atoms with Crippen LogP contribution in [0.3, 0.4) is 0 Å². The monoisotopic (exact) mass is 331 g/mol. The molecule has 0 aliphatic rings. The van der Waals surface area contributed by atoms with Gasteiger partial charge in [-0.25, -0.2) is 0 Å². The summed E-state index contributed by atoms with van der Waals surface area (Å²) < 4.78 is 7.51. The Labute approximate surface area is 139 Å². The van der Waals surface area contributed by atoms with E-state index in [0.29, 0.717) is 17.3 Å². The molecule has 0 fully saturated rings. The number of aliphatic hydroxyl groups excluding tert-OH is 2. The number of nitrogens with zero attached hydrogens (tertiary/aromatic N) is 1. The average Bonchev–Trinajstić information content (AvgIpc) is 2.92. The van der Waals surface area contributed by atoms with Gasteiger partial charge in [0.1, 0.15) is 18.5 Å². The number of fused-ring (bicyclic) bond motifs is 1. The Morgan fingerprint density at radius 1 is 1.09 bits per heavy atom. The minimum Gasteiger partial charge on any atom is -0.491 e. The number of hydrogen-bond donors (Lipinski definition) is 2. The van der Waals surface area contributed by atoms with Gasteiger partial charge in [0.25, 0.3) is 0 Å². The number of para-hydroxylation sites is 1. The molecular weight excluding hydrogens is 314 g/mol. The van der Waals surface area contributed by atoms with E-state index in [1.165, 1.54) is 0 Å². The van der Waals surface area contributed by atoms with E-state index in [1.54, 1.807) is 24.3 Å². The highest BCUT2D eigenvalue weighted by molar-refractivity contribution is 6.30. The summed E-state index contributed by atoms with van der Waals surface area (Å²) in [6.07, 6.45) is 1.21. The Kier molecular flexibility index (Phi) is 4.86. The van der Waals surface area contributed by atoms with E-state index in [-0.39, 0.29) is 13.2 Å². The fraction of sp³-hybridized carbons (Fsp3) is 0.222. The van der Waals surface area contributed by atoms with Gasteiger partial charge in [0.05, 0.1) is 13.2 Å². The summed E-state index contributed by atoms with van der Waals surface area (Å²) >= 11 is 5.82. The number of hydrogen-bond acceptors (Lipinski definition) is 3. The summed E-state index contributed by atoms with van der Waals surface area (Å²) in [6.45, 7) is 0.557. The van der Waals surface area contributed by atoms with Crippen LogP contribution >= 0.6 is 11.6 Å². The van der Waals surface area contributed by atoms with E-state index in [9.17, 15) is 10.2 Å². The molecule has 5 heteroatoms. The Morgan fingerprint density at radius 3 is 2.57 bits per heavy atom. The summed E-state index contributed by atoms with van der Waals surface area (Å²) in [5.41, 5.74) is 1.84. The number of halogens is 1. The zero-order valence-corrected chi connectivity index (χ0v) is 13.3. The summed E-state index contributed by atoms with van der Waals surface area (Å²) in [4.78, 5) is 0. The highest BCUT2D eigenvalue weighted by Crippen LogP contribution is 2.22. The Bertz CT molecular complexity index is 783. The first-order chi connectivity index (χ1) is 11.2. The van der Waals surface area contributed by atoms with Crippen molar-refractivity contribution in [3.05, 3.63) is 65.3 Å². The lowest BCUT2D eigenvalue weighted by molar-refractivity contribution is 0.0935. The van der Waals surface area contributed by atoms with Crippen LogP contribution in [-0.2, 0) is 13.2 Å². The summed E-state index contributed by atoms with van der Waals surface area (Å²) in [5.74, 6) is 0.668. The molecular formula is C18H18ClNO3. The Morgan fingerprint density at radius 2 is 1.83 bits per heavy atom. The van der Waals surface area contributed by atoms with Crippen molar-refractivity contribution in [2.24, 2.45) is 0 Å². The molecule has 2 N–H and O–H groups in total. The van der Waals surface area contributed by atoms with Crippen molar-refractivity contribution in [1.82, 2.24) is 4.57 Å². The fourth-order valence-electron chi connectivity index (χ4n) is 2.60. The molecule has 23 heavy (non-hydrogen) atoms. The first kappa shape index (κ1) is 15.9. The maximum absolute atomic E-state index is 10.2. The summed E-state index contributed by atoms with van der Waals surface area (Å²) in [6, 6.07) is 14.8. The number of benzene rings is 2. The van der Waals surface area contributed by atoms with Gasteiger partial charge in [-0.1, -0.05) is 29.8 Å². The molecule has 0 spiro atoms. The molecule has 1 atom stereocenters. The predicted octanol–water partition coefficient (Wildman–Crippen LogP) is 3.23. The zero-order chi connectivity index (χ0) is 16.2. The fourth-order valence-corrected chi connectivity index (χ4v) is 2.73. The molecule has 3 aromatic rings. The highest BCUT2D eigenvalue weighted by atomic mass is 35.5. The predicted molar refractivity (Wildman–Crippen MR) is 90.8 cm³/mol. The van der Waals surface area contributed by atoms with Crippen molar-refractivity contribution in [1.29, 1.82) is 0 Å². The van der Waals surface area contributed by atoms with Crippen LogP contribution in [0.4, 0.5) is 0 Å². The van der Waals surface area contributed by atoms with Crippen LogP contribution in [0.5, 0.6) is 5.75 Å². The standard InChI is InChI=1S/C18H18ClNO3/c19-14-5-7-16(8-6-14)23-12-15(22)10-20-9-13(11-21)17-3-1-2-4-18(17)20/h1-9,15,21-22H,10-12H2. The van der Waals surface area contributed by atoms with Gasteiger partial charge in [-0.2, -0.15) is 0 Å². The number of aliphatic hydroxyl groups is 2. The molecule has 0 aliphatic heterocycles. The second-order valence-corrected chi connectivity index (χ2v) is 5.84. The second-order valence-electron chi connectivity index (χ2n) is 5.40. The molecule has 4 nitrogen and oxygen atoms in total. The molecule has 0 bridgehead atoms. The Balaban J connectivity index is 1.68. The van der Waals surface area contributed by atoms with Gasteiger partial charge < -0.3 is 19.5 Å². The second kappa shape index (κ2) is 7.04. The van der Waals surface area contributed by atoms with E-state index in [1.807, 2.05) is 35.0 Å². The lowest BCUT2D eigenvalue weighted by Crippen LogP contribution is -2.23. The molecule has 0 amide bonds. The molecule has 0 radical (unpaired) electrons. The molecule has 1 heterocycles. The van der Waals surface area contributed by atoms with Gasteiger partial charge >= 0.3 is 0 Å². The molecule has 2 aromatic carbocycles. The van der Waals surface area contributed by atoms with Gasteiger partial charge in [0.2, 0.25) is 0 Å². The van der Waals surface area contributed by atoms with Crippen molar-refractivity contribution >= 4 is 22.5 Å². The van der Waals surface area contributed by atoms with Gasteiger partial charge in [-0.05, 0) is 30.3 Å². The minimum atomic E-state index is -0.659. The van der Waals surface area contributed by atoms with Crippen LogP contribution < -0.4 is 4.74 Å². The van der Waals surface area contributed by atoms with Crippen LogP contribution in [0.1, 0.15) is 5.56 Å². The summed E-state index contributed by atoms with van der Waals surface area (Å²) in [5, 5.41) is 21.3. The van der Waals surface area contributed by atoms with Crippen molar-refractivity contribution in [3.8, 4) is 5.75 Å². The highest BCUT2D eigenvalue weighted by Gasteiger charge is 2.12. The molecule has 3 rings (SSSR count). The molecule has 0 saturated heterocycles. The van der Waals surface area contributed by atoms with Crippen LogP contribution in [0.15, 0.2) is 54.7 Å². The van der Waals surface area contributed by atoms with E-state index >= 15 is 0 Å². The number of aromatic nitrogens is 1. The van der Waals surface area contributed by atoms with E-state index in [2.05, 4.69) is 0 Å². The number of rotatable bonds is 6. The van der Waals surface area contributed by atoms with E-state index in [4.69, 9.17) is 16.3 Å². The molecule has 0 aliphatic carbocycles. The van der Waals surface area contributed by atoms with Gasteiger partial charge in [-0.3, -0.25) is 0 Å². The van der Waals surface area contributed by atoms with Crippen LogP contribution in [0, 0.1) is 0 Å².